The van der Waals surface area contributed by atoms with Gasteiger partial charge in [0.25, 0.3) is 0 Å². The molecule has 74 heavy (non-hydrogen) atoms. The first-order valence-corrected chi connectivity index (χ1v) is 26.7. The minimum absolute atomic E-state index is 1.30. The fourth-order valence-electron chi connectivity index (χ4n) is 16.1. The van der Waals surface area contributed by atoms with Crippen LogP contribution in [0.1, 0.15) is 55.6 Å². The molecule has 0 heterocycles. The van der Waals surface area contributed by atoms with Crippen LogP contribution < -0.4 is 0 Å². The summed E-state index contributed by atoms with van der Waals surface area (Å²) in [5.74, 6) is 0. The Morgan fingerprint density at radius 1 is 0.162 bits per heavy atom. The van der Waals surface area contributed by atoms with Crippen molar-refractivity contribution in [2.75, 3.05) is 0 Å². The number of hydrogen-bond acceptors (Lipinski definition) is 0. The monoisotopic (exact) mass is 940 g/mol. The van der Waals surface area contributed by atoms with Crippen LogP contribution in [0.15, 0.2) is 133 Å². The fourth-order valence-corrected chi connectivity index (χ4v) is 16.1. The van der Waals surface area contributed by atoms with E-state index in [1.54, 1.807) is 0 Å². The Kier molecular flexibility index (Phi) is 7.48. The molecule has 17 aromatic rings. The van der Waals surface area contributed by atoms with E-state index >= 15 is 0 Å². The van der Waals surface area contributed by atoms with Crippen LogP contribution in [0.3, 0.4) is 0 Å². The van der Waals surface area contributed by atoms with E-state index in [0.717, 1.165) is 0 Å². The summed E-state index contributed by atoms with van der Waals surface area (Å²) in [4.78, 5) is 0. The second-order valence-electron chi connectivity index (χ2n) is 23.4. The summed E-state index contributed by atoms with van der Waals surface area (Å²) in [6.45, 7) is 22.8. The lowest BCUT2D eigenvalue weighted by molar-refractivity contribution is 1.39. The zero-order chi connectivity index (χ0) is 49.8. The smallest absolute Gasteiger partial charge is 0.000696 e. The number of fused-ring (bicyclic) bond motifs is 16. The SMILES string of the molecule is Cc1cc(C)cc(-c2c3cc(C)cc4c5c(C)cc(C)cc5c(c34)c3c4ccc5c6ccc7c8c(-c9cc(C)cc(C)c9)c9cc(C)cc%10c%11c(C)cc(C)cc%11c(c9%10)c8c8ccc(c9ccc(c23)c4c95)c6c78)c1. The molecule has 0 aliphatic carbocycles. The predicted molar refractivity (Wildman–Crippen MR) is 326 cm³/mol. The minimum atomic E-state index is 1.30. The van der Waals surface area contributed by atoms with E-state index in [-0.39, 0.29) is 0 Å². The second-order valence-corrected chi connectivity index (χ2v) is 23.4. The lowest BCUT2D eigenvalue weighted by Gasteiger charge is -2.16. The molecular formula is C74H52. The van der Waals surface area contributed by atoms with Crippen LogP contribution in [0.5, 0.6) is 0 Å². The van der Waals surface area contributed by atoms with E-state index in [4.69, 9.17) is 0 Å². The third-order valence-corrected chi connectivity index (χ3v) is 18.1. The van der Waals surface area contributed by atoms with Gasteiger partial charge >= 0.3 is 0 Å². The van der Waals surface area contributed by atoms with Gasteiger partial charge in [-0.3, -0.25) is 0 Å². The summed E-state index contributed by atoms with van der Waals surface area (Å²) in [5, 5.41) is 38.7. The summed E-state index contributed by atoms with van der Waals surface area (Å²) in [6.07, 6.45) is 0. The van der Waals surface area contributed by atoms with Gasteiger partial charge < -0.3 is 0 Å². The van der Waals surface area contributed by atoms with Crippen LogP contribution in [0, 0.1) is 69.2 Å². The first-order valence-electron chi connectivity index (χ1n) is 26.7. The van der Waals surface area contributed by atoms with Gasteiger partial charge in [0.05, 0.1) is 0 Å². The maximum absolute atomic E-state index is 2.51. The molecule has 0 saturated heterocycles. The highest BCUT2D eigenvalue weighted by molar-refractivity contribution is 6.54. The molecule has 0 saturated carbocycles. The van der Waals surface area contributed by atoms with E-state index in [2.05, 4.69) is 203 Å². The molecule has 0 fully saturated rings. The third-order valence-electron chi connectivity index (χ3n) is 18.1. The Labute approximate surface area is 429 Å². The van der Waals surface area contributed by atoms with E-state index in [0.29, 0.717) is 0 Å². The van der Waals surface area contributed by atoms with Crippen molar-refractivity contribution in [1.29, 1.82) is 0 Å². The zero-order valence-electron chi connectivity index (χ0n) is 43.7. The van der Waals surface area contributed by atoms with Crippen molar-refractivity contribution in [2.24, 2.45) is 0 Å². The molecule has 0 N–H and O–H groups in total. The first kappa shape index (κ1) is 41.2. The van der Waals surface area contributed by atoms with Crippen LogP contribution in [0.2, 0.25) is 0 Å². The molecule has 0 radical (unpaired) electrons. The Hall–Kier alpha value is -8.32. The molecule has 0 heteroatoms. The molecule has 0 bridgehead atoms. The van der Waals surface area contributed by atoms with Gasteiger partial charge in [0.1, 0.15) is 0 Å². The molecule has 17 aromatic carbocycles. The Balaban J connectivity index is 1.09. The highest BCUT2D eigenvalue weighted by Crippen LogP contribution is 2.59. The highest BCUT2D eigenvalue weighted by Gasteiger charge is 2.31. The molecule has 0 unspecified atom stereocenters. The molecule has 0 aromatic heterocycles. The molecule has 0 aliphatic heterocycles. The van der Waals surface area contributed by atoms with Gasteiger partial charge in [-0.2, -0.15) is 0 Å². The van der Waals surface area contributed by atoms with E-state index in [9.17, 15) is 0 Å². The number of hydrogen-bond donors (Lipinski definition) is 0. The van der Waals surface area contributed by atoms with E-state index < -0.39 is 0 Å². The lowest BCUT2D eigenvalue weighted by atomic mass is 9.87. The van der Waals surface area contributed by atoms with Crippen molar-refractivity contribution in [3.8, 4) is 22.3 Å². The molecule has 17 rings (SSSR count). The van der Waals surface area contributed by atoms with Crippen molar-refractivity contribution in [2.45, 2.75) is 69.2 Å². The summed E-state index contributed by atoms with van der Waals surface area (Å²) in [7, 11) is 0. The van der Waals surface area contributed by atoms with Crippen molar-refractivity contribution >= 4 is 151 Å². The fraction of sp³-hybridized carbons (Fsp3) is 0.135. The van der Waals surface area contributed by atoms with Crippen LogP contribution in [0.4, 0.5) is 0 Å². The lowest BCUT2D eigenvalue weighted by Crippen LogP contribution is -1.89. The maximum Gasteiger partial charge on any atom is -0.000696 e. The average molecular weight is 941 g/mol. The van der Waals surface area contributed by atoms with Crippen LogP contribution >= 0.6 is 0 Å². The predicted octanol–water partition coefficient (Wildman–Crippen LogP) is 21.4. The van der Waals surface area contributed by atoms with Gasteiger partial charge in [0.2, 0.25) is 0 Å². The van der Waals surface area contributed by atoms with E-state index in [1.807, 2.05) is 0 Å². The second kappa shape index (κ2) is 13.4. The molecule has 348 valence electrons. The molecule has 0 spiro atoms. The van der Waals surface area contributed by atoms with Gasteiger partial charge in [-0.05, 0) is 265 Å². The van der Waals surface area contributed by atoms with Crippen molar-refractivity contribution in [3.63, 3.8) is 0 Å². The molecule has 0 aliphatic rings. The van der Waals surface area contributed by atoms with Crippen molar-refractivity contribution < 1.29 is 0 Å². The van der Waals surface area contributed by atoms with Crippen molar-refractivity contribution in [3.05, 3.63) is 189 Å². The largest absolute Gasteiger partial charge is 0.0563 e. The first-order chi connectivity index (χ1) is 35.8. The van der Waals surface area contributed by atoms with Crippen molar-refractivity contribution in [1.82, 2.24) is 0 Å². The molecular weight excluding hydrogens is 889 g/mol. The number of rotatable bonds is 2. The maximum atomic E-state index is 2.51. The standard InChI is InChI=1S/C74H52/c1-33-19-34(2)24-43(23-33)61-57-31-39(7)29-53-59-41(9)21-37(5)27-55(59)73(67(53)57)71-51-17-13-47-46-12-16-50-66-52(18-14-48(64(46)66)45-11-15-49(69(61)71)65(51)63(45)47)72-70(50)62(44-25-35(3)20-36(4)26-44)58-32-40(8)30-54-60-42(10)22-38(6)28-56(60)74(72)68(54)58/h11-32H,1-10H3. The Morgan fingerprint density at radius 2 is 0.392 bits per heavy atom. The Bertz CT molecular complexity index is 5040. The van der Waals surface area contributed by atoms with Gasteiger partial charge in [-0.25, -0.2) is 0 Å². The van der Waals surface area contributed by atoms with E-state index in [1.165, 1.54) is 229 Å². The minimum Gasteiger partial charge on any atom is -0.0563 e. The normalized spacial score (nSPS) is 13.0. The average Bonchev–Trinajstić information content (AvgIpc) is 4.20. The van der Waals surface area contributed by atoms with Crippen LogP contribution in [-0.2, 0) is 0 Å². The zero-order valence-corrected chi connectivity index (χ0v) is 43.7. The third kappa shape index (κ3) is 4.83. The number of aryl methyl sites for hydroxylation is 10. The quantitative estimate of drug-likeness (QED) is 0.120. The summed E-state index contributed by atoms with van der Waals surface area (Å²) < 4.78 is 0. The number of benzene rings is 13. The van der Waals surface area contributed by atoms with Crippen LogP contribution in [0.25, 0.3) is 173 Å². The summed E-state index contributed by atoms with van der Waals surface area (Å²) in [5.41, 5.74) is 18.5. The highest BCUT2D eigenvalue weighted by atomic mass is 14.3. The summed E-state index contributed by atoms with van der Waals surface area (Å²) >= 11 is 0. The molecule has 0 amide bonds. The van der Waals surface area contributed by atoms with Gasteiger partial charge in [-0.15, -0.1) is 0 Å². The molecule has 0 atom stereocenters. The van der Waals surface area contributed by atoms with Gasteiger partial charge in [0.15, 0.2) is 0 Å². The van der Waals surface area contributed by atoms with Crippen LogP contribution in [-0.4, -0.2) is 0 Å². The molecule has 0 nitrogen and oxygen atoms in total. The topological polar surface area (TPSA) is 0 Å². The van der Waals surface area contributed by atoms with Gasteiger partial charge in [0, 0.05) is 0 Å². The van der Waals surface area contributed by atoms with Gasteiger partial charge in [-0.1, -0.05) is 167 Å². The Morgan fingerprint density at radius 3 is 0.743 bits per heavy atom. The summed E-state index contributed by atoms with van der Waals surface area (Å²) in [6, 6.07) is 54.0.